The molecule has 28 heavy (non-hydrogen) atoms. The summed E-state index contributed by atoms with van der Waals surface area (Å²) in [4.78, 5) is 39.1. The molecule has 0 bridgehead atoms. The molecule has 2 aromatic rings. The lowest BCUT2D eigenvalue weighted by Gasteiger charge is -2.14. The maximum Gasteiger partial charge on any atom is 0.355 e. The molecule has 1 heterocycles. The first kappa shape index (κ1) is 21.1. The lowest BCUT2D eigenvalue weighted by molar-refractivity contribution is -0.124. The highest BCUT2D eigenvalue weighted by Gasteiger charge is 2.24. The Kier molecular flexibility index (Phi) is 6.92. The van der Waals surface area contributed by atoms with Gasteiger partial charge in [-0.2, -0.15) is 0 Å². The van der Waals surface area contributed by atoms with Gasteiger partial charge < -0.3 is 19.8 Å². The van der Waals surface area contributed by atoms with Crippen molar-refractivity contribution in [3.63, 3.8) is 0 Å². The van der Waals surface area contributed by atoms with Gasteiger partial charge in [0, 0.05) is 5.69 Å². The third kappa shape index (κ3) is 4.97. The Hall–Kier alpha value is -3.16. The zero-order valence-electron chi connectivity index (χ0n) is 16.2. The second kappa shape index (κ2) is 9.16. The average Bonchev–Trinajstić information content (AvgIpc) is 2.94. The van der Waals surface area contributed by atoms with Gasteiger partial charge >= 0.3 is 11.9 Å². The van der Waals surface area contributed by atoms with E-state index in [1.54, 1.807) is 39.8 Å². The van der Waals surface area contributed by atoms with E-state index in [2.05, 4.69) is 10.3 Å². The molecule has 1 aromatic carbocycles. The normalized spacial score (nSPS) is 11.6. The molecule has 8 heteroatoms. The number of amides is 1. The van der Waals surface area contributed by atoms with Gasteiger partial charge in [0.1, 0.15) is 11.5 Å². The highest BCUT2D eigenvalue weighted by atomic mass is 19.1. The summed E-state index contributed by atoms with van der Waals surface area (Å²) in [5.41, 5.74) is 1.98. The van der Waals surface area contributed by atoms with Gasteiger partial charge in [0.25, 0.3) is 5.91 Å². The Morgan fingerprint density at radius 2 is 1.75 bits per heavy atom. The van der Waals surface area contributed by atoms with Gasteiger partial charge in [0.2, 0.25) is 0 Å². The number of rotatable bonds is 7. The number of carbonyl (C=O) groups excluding carboxylic acids is 3. The van der Waals surface area contributed by atoms with E-state index in [9.17, 15) is 18.8 Å². The Morgan fingerprint density at radius 3 is 2.36 bits per heavy atom. The second-order valence-electron chi connectivity index (χ2n) is 6.26. The Balaban J connectivity index is 1.96. The molecular formula is C20H23FN2O5. The van der Waals surface area contributed by atoms with Crippen molar-refractivity contribution in [1.82, 2.24) is 10.3 Å². The van der Waals surface area contributed by atoms with Crippen LogP contribution in [0.4, 0.5) is 4.39 Å². The summed E-state index contributed by atoms with van der Waals surface area (Å²) in [6, 6.07) is 5.35. The van der Waals surface area contributed by atoms with Crippen LogP contribution in [0.25, 0.3) is 0 Å². The summed E-state index contributed by atoms with van der Waals surface area (Å²) >= 11 is 0. The van der Waals surface area contributed by atoms with E-state index in [-0.39, 0.29) is 29.7 Å². The third-order valence-electron chi connectivity index (χ3n) is 4.20. The lowest BCUT2D eigenvalue weighted by Crippen LogP contribution is -2.31. The number of esters is 2. The monoisotopic (exact) mass is 390 g/mol. The van der Waals surface area contributed by atoms with Crippen molar-refractivity contribution in [1.29, 1.82) is 0 Å². The van der Waals surface area contributed by atoms with Gasteiger partial charge in [-0.1, -0.05) is 12.1 Å². The van der Waals surface area contributed by atoms with Crippen LogP contribution in [0.2, 0.25) is 0 Å². The number of nitrogens with one attached hydrogen (secondary N) is 2. The molecule has 0 aliphatic heterocycles. The SMILES string of the molecule is CCOC(=O)c1c(C)[nH]c(C(=O)OCC(=O)NC(C)c2ccc(F)cc2)c1C. The summed E-state index contributed by atoms with van der Waals surface area (Å²) in [6.07, 6.45) is 0. The van der Waals surface area contributed by atoms with E-state index in [0.29, 0.717) is 11.3 Å². The van der Waals surface area contributed by atoms with Crippen molar-refractivity contribution >= 4 is 17.8 Å². The molecule has 0 radical (unpaired) electrons. The summed E-state index contributed by atoms with van der Waals surface area (Å²) in [5, 5.41) is 2.67. The van der Waals surface area contributed by atoms with Gasteiger partial charge in [0.15, 0.2) is 6.61 Å². The highest BCUT2D eigenvalue weighted by molar-refractivity contribution is 5.99. The number of aromatic nitrogens is 1. The first-order chi connectivity index (χ1) is 13.2. The first-order valence-electron chi connectivity index (χ1n) is 8.82. The van der Waals surface area contributed by atoms with Gasteiger partial charge in [-0.25, -0.2) is 14.0 Å². The smallest absolute Gasteiger partial charge is 0.355 e. The molecule has 1 amide bonds. The maximum absolute atomic E-state index is 13.0. The zero-order valence-corrected chi connectivity index (χ0v) is 16.2. The predicted octanol–water partition coefficient (Wildman–Crippen LogP) is 2.98. The maximum atomic E-state index is 13.0. The Labute approximate surface area is 162 Å². The first-order valence-corrected chi connectivity index (χ1v) is 8.82. The number of benzene rings is 1. The second-order valence-corrected chi connectivity index (χ2v) is 6.26. The average molecular weight is 390 g/mol. The van der Waals surface area contributed by atoms with E-state index >= 15 is 0 Å². The van der Waals surface area contributed by atoms with Gasteiger partial charge in [-0.15, -0.1) is 0 Å². The molecule has 0 spiro atoms. The largest absolute Gasteiger partial charge is 0.462 e. The molecule has 1 atom stereocenters. The fraction of sp³-hybridized carbons (Fsp3) is 0.350. The van der Waals surface area contributed by atoms with Gasteiger partial charge in [0.05, 0.1) is 18.2 Å². The number of H-pyrrole nitrogens is 1. The summed E-state index contributed by atoms with van der Waals surface area (Å²) in [7, 11) is 0. The lowest BCUT2D eigenvalue weighted by atomic mass is 10.1. The summed E-state index contributed by atoms with van der Waals surface area (Å²) in [6.45, 7) is 6.40. The van der Waals surface area contributed by atoms with Crippen LogP contribution < -0.4 is 5.32 Å². The minimum Gasteiger partial charge on any atom is -0.462 e. The molecular weight excluding hydrogens is 367 g/mol. The van der Waals surface area contributed by atoms with Crippen LogP contribution in [0.3, 0.4) is 0 Å². The van der Waals surface area contributed by atoms with Crippen molar-refractivity contribution in [2.24, 2.45) is 0 Å². The van der Waals surface area contributed by atoms with E-state index < -0.39 is 24.5 Å². The third-order valence-corrected chi connectivity index (χ3v) is 4.20. The fourth-order valence-electron chi connectivity index (χ4n) is 2.78. The van der Waals surface area contributed by atoms with Crippen molar-refractivity contribution in [2.75, 3.05) is 13.2 Å². The standard InChI is InChI=1S/C20H23FN2O5/c1-5-27-19(25)17-11(2)18(23-13(17)4)20(26)28-10-16(24)22-12(3)14-6-8-15(21)9-7-14/h6-9,12,23H,5,10H2,1-4H3,(H,22,24). The van der Waals surface area contributed by atoms with Crippen LogP contribution in [-0.4, -0.2) is 36.0 Å². The molecule has 0 saturated heterocycles. The van der Waals surface area contributed by atoms with Gasteiger partial charge in [-0.3, -0.25) is 4.79 Å². The highest BCUT2D eigenvalue weighted by Crippen LogP contribution is 2.20. The van der Waals surface area contributed by atoms with Crippen LogP contribution in [0.5, 0.6) is 0 Å². The molecule has 150 valence electrons. The number of aryl methyl sites for hydroxylation is 1. The zero-order chi connectivity index (χ0) is 20.8. The van der Waals surface area contributed by atoms with E-state index in [4.69, 9.17) is 9.47 Å². The van der Waals surface area contributed by atoms with Crippen LogP contribution in [0.1, 0.15) is 57.6 Å². The van der Waals surface area contributed by atoms with Crippen LogP contribution in [-0.2, 0) is 14.3 Å². The molecule has 1 unspecified atom stereocenters. The summed E-state index contributed by atoms with van der Waals surface area (Å²) < 4.78 is 23.0. The molecule has 2 rings (SSSR count). The van der Waals surface area contributed by atoms with Crippen LogP contribution in [0, 0.1) is 19.7 Å². The summed E-state index contributed by atoms with van der Waals surface area (Å²) in [5.74, 6) is -2.15. The quantitative estimate of drug-likeness (QED) is 0.709. The van der Waals surface area contributed by atoms with Crippen molar-refractivity contribution in [2.45, 2.75) is 33.7 Å². The minimum atomic E-state index is -0.749. The number of hydrogen-bond donors (Lipinski definition) is 2. The van der Waals surface area contributed by atoms with Crippen molar-refractivity contribution < 1.29 is 28.2 Å². The number of halogens is 1. The van der Waals surface area contributed by atoms with Crippen molar-refractivity contribution in [3.05, 3.63) is 58.2 Å². The number of carbonyl (C=O) groups is 3. The molecule has 0 aliphatic carbocycles. The topological polar surface area (TPSA) is 97.5 Å². The molecule has 2 N–H and O–H groups in total. The van der Waals surface area contributed by atoms with Crippen LogP contribution >= 0.6 is 0 Å². The van der Waals surface area contributed by atoms with Gasteiger partial charge in [-0.05, 0) is 51.0 Å². The van der Waals surface area contributed by atoms with Crippen LogP contribution in [0.15, 0.2) is 24.3 Å². The molecule has 0 aliphatic rings. The van der Waals surface area contributed by atoms with E-state index in [1.165, 1.54) is 12.1 Å². The number of hydrogen-bond acceptors (Lipinski definition) is 5. The Bertz CT molecular complexity index is 873. The number of ether oxygens (including phenoxy) is 2. The number of aromatic amines is 1. The Morgan fingerprint density at radius 1 is 1.11 bits per heavy atom. The molecule has 0 saturated carbocycles. The molecule has 0 fully saturated rings. The predicted molar refractivity (Wildman–Crippen MR) is 99.5 cm³/mol. The minimum absolute atomic E-state index is 0.0972. The van der Waals surface area contributed by atoms with Crippen molar-refractivity contribution in [3.8, 4) is 0 Å². The van der Waals surface area contributed by atoms with E-state index in [0.717, 1.165) is 5.56 Å². The molecule has 7 nitrogen and oxygen atoms in total. The van der Waals surface area contributed by atoms with E-state index in [1.807, 2.05) is 0 Å². The fourth-order valence-corrected chi connectivity index (χ4v) is 2.78. The molecule has 1 aromatic heterocycles.